The van der Waals surface area contributed by atoms with Crippen LogP contribution in [0, 0.1) is 11.8 Å². The standard InChI is InChI=1S/C19H32N2O5/c1-19(2,3)26-18(25)20-11-8-14(9-12-20)6-7-16(22)21-10-4-5-15(13-21)17(23)24/h14-15H,4-13H2,1-3H3,(H,23,24). The molecule has 2 amide bonds. The molecule has 26 heavy (non-hydrogen) atoms. The fourth-order valence-corrected chi connectivity index (χ4v) is 3.62. The first-order valence-corrected chi connectivity index (χ1v) is 9.64. The summed E-state index contributed by atoms with van der Waals surface area (Å²) in [7, 11) is 0. The molecule has 7 nitrogen and oxygen atoms in total. The van der Waals surface area contributed by atoms with Crippen molar-refractivity contribution in [1.29, 1.82) is 0 Å². The number of carbonyl (C=O) groups excluding carboxylic acids is 2. The first kappa shape index (κ1) is 20.5. The minimum atomic E-state index is -0.808. The van der Waals surface area contributed by atoms with E-state index in [1.165, 1.54) is 0 Å². The number of nitrogens with zero attached hydrogens (tertiary/aromatic N) is 2. The zero-order valence-corrected chi connectivity index (χ0v) is 16.2. The Labute approximate surface area is 155 Å². The molecule has 0 saturated carbocycles. The molecule has 7 heteroatoms. The molecule has 2 aliphatic rings. The van der Waals surface area contributed by atoms with Crippen molar-refractivity contribution in [3.63, 3.8) is 0 Å². The van der Waals surface area contributed by atoms with Crippen LogP contribution in [0.4, 0.5) is 4.79 Å². The summed E-state index contributed by atoms with van der Waals surface area (Å²) in [4.78, 5) is 39.0. The maximum absolute atomic E-state index is 12.4. The van der Waals surface area contributed by atoms with Gasteiger partial charge < -0.3 is 19.6 Å². The maximum atomic E-state index is 12.4. The quantitative estimate of drug-likeness (QED) is 0.824. The molecular weight excluding hydrogens is 336 g/mol. The highest BCUT2D eigenvalue weighted by atomic mass is 16.6. The van der Waals surface area contributed by atoms with Crippen molar-refractivity contribution >= 4 is 18.0 Å². The van der Waals surface area contributed by atoms with Crippen LogP contribution in [0.1, 0.15) is 59.3 Å². The highest BCUT2D eigenvalue weighted by molar-refractivity contribution is 5.78. The molecule has 2 fully saturated rings. The third kappa shape index (κ3) is 6.18. The van der Waals surface area contributed by atoms with Gasteiger partial charge in [-0.25, -0.2) is 4.79 Å². The van der Waals surface area contributed by atoms with Crippen LogP contribution in [0.25, 0.3) is 0 Å². The van der Waals surface area contributed by atoms with E-state index in [9.17, 15) is 14.4 Å². The second kappa shape index (κ2) is 8.73. The molecular formula is C19H32N2O5. The Morgan fingerprint density at radius 3 is 2.27 bits per heavy atom. The molecule has 2 rings (SSSR count). The third-order valence-corrected chi connectivity index (χ3v) is 5.16. The van der Waals surface area contributed by atoms with E-state index in [1.54, 1.807) is 9.80 Å². The lowest BCUT2D eigenvalue weighted by Gasteiger charge is -2.34. The van der Waals surface area contributed by atoms with Crippen molar-refractivity contribution in [3.05, 3.63) is 0 Å². The van der Waals surface area contributed by atoms with Crippen molar-refractivity contribution < 1.29 is 24.2 Å². The summed E-state index contributed by atoms with van der Waals surface area (Å²) < 4.78 is 5.40. The molecule has 0 bridgehead atoms. The molecule has 2 saturated heterocycles. The van der Waals surface area contributed by atoms with Crippen molar-refractivity contribution in [3.8, 4) is 0 Å². The molecule has 2 aliphatic heterocycles. The van der Waals surface area contributed by atoms with Gasteiger partial charge in [0, 0.05) is 32.6 Å². The van der Waals surface area contributed by atoms with Gasteiger partial charge in [0.05, 0.1) is 5.92 Å². The van der Waals surface area contributed by atoms with Crippen LogP contribution < -0.4 is 0 Å². The number of hydrogen-bond donors (Lipinski definition) is 1. The first-order chi connectivity index (χ1) is 12.2. The number of piperidine rings is 2. The van der Waals surface area contributed by atoms with Crippen molar-refractivity contribution in [2.24, 2.45) is 11.8 Å². The monoisotopic (exact) mass is 368 g/mol. The zero-order chi connectivity index (χ0) is 19.3. The van der Waals surface area contributed by atoms with Crippen LogP contribution in [0.15, 0.2) is 0 Å². The summed E-state index contributed by atoms with van der Waals surface area (Å²) in [5.41, 5.74) is -0.484. The van der Waals surface area contributed by atoms with Gasteiger partial charge in [-0.3, -0.25) is 9.59 Å². The van der Waals surface area contributed by atoms with Crippen molar-refractivity contribution in [1.82, 2.24) is 9.80 Å². The molecule has 1 atom stereocenters. The molecule has 2 heterocycles. The predicted octanol–water partition coefficient (Wildman–Crippen LogP) is 2.74. The summed E-state index contributed by atoms with van der Waals surface area (Å²) >= 11 is 0. The van der Waals surface area contributed by atoms with Gasteiger partial charge >= 0.3 is 12.1 Å². The number of hydrogen-bond acceptors (Lipinski definition) is 4. The molecule has 148 valence electrons. The maximum Gasteiger partial charge on any atom is 0.410 e. The smallest absolute Gasteiger partial charge is 0.410 e. The van der Waals surface area contributed by atoms with E-state index in [0.717, 1.165) is 25.7 Å². The van der Waals surface area contributed by atoms with Crippen molar-refractivity contribution in [2.75, 3.05) is 26.2 Å². The third-order valence-electron chi connectivity index (χ3n) is 5.16. The highest BCUT2D eigenvalue weighted by Gasteiger charge is 2.30. The minimum absolute atomic E-state index is 0.0607. The minimum Gasteiger partial charge on any atom is -0.481 e. The van der Waals surface area contributed by atoms with Crippen LogP contribution in [-0.2, 0) is 14.3 Å². The van der Waals surface area contributed by atoms with E-state index < -0.39 is 17.5 Å². The summed E-state index contributed by atoms with van der Waals surface area (Å²) in [6.07, 6.45) is 4.17. The fourth-order valence-electron chi connectivity index (χ4n) is 3.62. The molecule has 0 spiro atoms. The Kier molecular flexibility index (Phi) is 6.89. The number of carbonyl (C=O) groups is 3. The van der Waals surface area contributed by atoms with E-state index in [2.05, 4.69) is 0 Å². The van der Waals surface area contributed by atoms with E-state index in [0.29, 0.717) is 44.9 Å². The van der Waals surface area contributed by atoms with Gasteiger partial charge in [-0.2, -0.15) is 0 Å². The number of rotatable bonds is 4. The summed E-state index contributed by atoms with van der Waals surface area (Å²) in [5, 5.41) is 9.13. The second-order valence-corrected chi connectivity index (χ2v) is 8.47. The Morgan fingerprint density at radius 2 is 1.69 bits per heavy atom. The van der Waals surface area contributed by atoms with Gasteiger partial charge in [0.15, 0.2) is 0 Å². The van der Waals surface area contributed by atoms with Gasteiger partial charge in [-0.05, 0) is 58.8 Å². The molecule has 1 N–H and O–H groups in total. The van der Waals surface area contributed by atoms with Crippen LogP contribution in [0.3, 0.4) is 0 Å². The summed E-state index contributed by atoms with van der Waals surface area (Å²) in [6, 6.07) is 0. The fraction of sp³-hybridized carbons (Fsp3) is 0.842. The molecule has 0 aliphatic carbocycles. The Hall–Kier alpha value is -1.79. The van der Waals surface area contributed by atoms with Gasteiger partial charge in [0.25, 0.3) is 0 Å². The number of carboxylic acid groups (broad SMARTS) is 1. The largest absolute Gasteiger partial charge is 0.481 e. The number of carboxylic acids is 1. The molecule has 0 radical (unpaired) electrons. The second-order valence-electron chi connectivity index (χ2n) is 8.47. The average molecular weight is 368 g/mol. The Morgan fingerprint density at radius 1 is 1.04 bits per heavy atom. The average Bonchev–Trinajstić information content (AvgIpc) is 2.58. The topological polar surface area (TPSA) is 87.2 Å². The van der Waals surface area contributed by atoms with Crippen molar-refractivity contribution in [2.45, 2.75) is 64.9 Å². The predicted molar refractivity (Wildman–Crippen MR) is 96.7 cm³/mol. The zero-order valence-electron chi connectivity index (χ0n) is 16.2. The van der Waals surface area contributed by atoms with Crippen LogP contribution in [0.2, 0.25) is 0 Å². The summed E-state index contributed by atoms with van der Waals surface area (Å²) in [6.45, 7) is 7.92. The van der Waals surface area contributed by atoms with E-state index in [1.807, 2.05) is 20.8 Å². The highest BCUT2D eigenvalue weighted by Crippen LogP contribution is 2.25. The summed E-state index contributed by atoms with van der Waals surface area (Å²) in [5.74, 6) is -0.745. The lowest BCUT2D eigenvalue weighted by atomic mass is 9.91. The van der Waals surface area contributed by atoms with Gasteiger partial charge in [0.1, 0.15) is 5.60 Å². The first-order valence-electron chi connectivity index (χ1n) is 9.64. The Balaban J connectivity index is 1.70. The lowest BCUT2D eigenvalue weighted by Crippen LogP contribution is -2.43. The number of ether oxygens (including phenoxy) is 1. The molecule has 0 aromatic heterocycles. The van der Waals surface area contributed by atoms with E-state index in [-0.39, 0.29) is 12.0 Å². The number of aliphatic carboxylic acids is 1. The van der Waals surface area contributed by atoms with E-state index in [4.69, 9.17) is 9.84 Å². The van der Waals surface area contributed by atoms with Crippen LogP contribution >= 0.6 is 0 Å². The number of likely N-dealkylation sites (tertiary alicyclic amines) is 2. The van der Waals surface area contributed by atoms with E-state index >= 15 is 0 Å². The van der Waals surface area contributed by atoms with Crippen LogP contribution in [-0.4, -0.2) is 64.7 Å². The van der Waals surface area contributed by atoms with Gasteiger partial charge in [0.2, 0.25) is 5.91 Å². The molecule has 1 unspecified atom stereocenters. The SMILES string of the molecule is CC(C)(C)OC(=O)N1CCC(CCC(=O)N2CCCC(C(=O)O)C2)CC1. The van der Waals surface area contributed by atoms with Gasteiger partial charge in [-0.1, -0.05) is 0 Å². The normalized spacial score (nSPS) is 22.2. The van der Waals surface area contributed by atoms with Crippen LogP contribution in [0.5, 0.6) is 0 Å². The molecule has 0 aromatic rings. The van der Waals surface area contributed by atoms with Gasteiger partial charge in [-0.15, -0.1) is 0 Å². The molecule has 0 aromatic carbocycles. The number of amides is 2. The lowest BCUT2D eigenvalue weighted by molar-refractivity contribution is -0.145. The Bertz CT molecular complexity index is 521.